The number of benzene rings is 1. The molecule has 2 fully saturated rings. The number of hydrogen-bond donors (Lipinski definition) is 1. The van der Waals surface area contributed by atoms with Gasteiger partial charge in [0.25, 0.3) is 0 Å². The number of carbonyl (C=O) groups is 1. The van der Waals surface area contributed by atoms with Crippen LogP contribution in [0, 0.1) is 0 Å². The third-order valence-electron chi connectivity index (χ3n) is 5.21. The molecule has 0 unspecified atom stereocenters. The zero-order chi connectivity index (χ0) is 21.0. The molecule has 2 aliphatic heterocycles. The lowest BCUT2D eigenvalue weighted by molar-refractivity contribution is -0.242. The lowest BCUT2D eigenvalue weighted by atomic mass is 9.98. The van der Waals surface area contributed by atoms with E-state index >= 15 is 0 Å². The monoisotopic (exact) mass is 407 g/mol. The molecule has 1 N–H and O–H groups in total. The molecule has 2 saturated heterocycles. The largest absolute Gasteiger partial charge is 0.447 e. The third-order valence-corrected chi connectivity index (χ3v) is 5.21. The van der Waals surface area contributed by atoms with Crippen molar-refractivity contribution in [2.45, 2.75) is 83.3 Å². The van der Waals surface area contributed by atoms with Crippen molar-refractivity contribution in [1.29, 1.82) is 0 Å². The van der Waals surface area contributed by atoms with Gasteiger partial charge in [0.05, 0.1) is 31.0 Å². The van der Waals surface area contributed by atoms with Crippen LogP contribution in [-0.4, -0.2) is 65.5 Å². The van der Waals surface area contributed by atoms with Crippen LogP contribution >= 0.6 is 0 Å². The summed E-state index contributed by atoms with van der Waals surface area (Å²) in [5.41, 5.74) is 0.615. The van der Waals surface area contributed by atoms with Crippen LogP contribution in [0.4, 0.5) is 4.79 Å². The summed E-state index contributed by atoms with van der Waals surface area (Å²) in [4.78, 5) is 14.0. The van der Waals surface area contributed by atoms with E-state index < -0.39 is 30.1 Å². The van der Waals surface area contributed by atoms with Crippen molar-refractivity contribution < 1.29 is 28.8 Å². The van der Waals surface area contributed by atoms with Gasteiger partial charge in [0.1, 0.15) is 25.0 Å². The van der Waals surface area contributed by atoms with Crippen LogP contribution in [0.1, 0.15) is 46.1 Å². The van der Waals surface area contributed by atoms with Crippen LogP contribution in [0.3, 0.4) is 0 Å². The maximum absolute atomic E-state index is 12.3. The van der Waals surface area contributed by atoms with Gasteiger partial charge < -0.3 is 24.1 Å². The predicted molar refractivity (Wildman–Crippen MR) is 107 cm³/mol. The van der Waals surface area contributed by atoms with Gasteiger partial charge in [0, 0.05) is 6.42 Å². The lowest BCUT2D eigenvalue weighted by Crippen LogP contribution is -2.58. The number of rotatable bonds is 7. The molecule has 7 nitrogen and oxygen atoms in total. The van der Waals surface area contributed by atoms with Gasteiger partial charge in [-0.2, -0.15) is 0 Å². The zero-order valence-electron chi connectivity index (χ0n) is 17.7. The highest BCUT2D eigenvalue weighted by Gasteiger charge is 2.47. The quantitative estimate of drug-likeness (QED) is 0.748. The summed E-state index contributed by atoms with van der Waals surface area (Å²) in [5.74, 6) is 0. The van der Waals surface area contributed by atoms with Crippen LogP contribution in [0.5, 0.6) is 0 Å². The van der Waals surface area contributed by atoms with Gasteiger partial charge in [-0.15, -0.1) is 0 Å². The lowest BCUT2D eigenvalue weighted by Gasteiger charge is -2.44. The van der Waals surface area contributed by atoms with Crippen molar-refractivity contribution in [3.63, 3.8) is 0 Å². The summed E-state index contributed by atoms with van der Waals surface area (Å²) in [6, 6.07) is 9.80. The van der Waals surface area contributed by atoms with Crippen LogP contribution in [0.15, 0.2) is 30.3 Å². The first-order valence-corrected chi connectivity index (χ1v) is 10.4. The molecule has 0 aromatic heterocycles. The maximum atomic E-state index is 12.3. The summed E-state index contributed by atoms with van der Waals surface area (Å²) in [5, 5.41) is 10.9. The SMILES string of the molecule is CC[C@@H]1COC(=O)N1[C@H]1C[C@@H](OC(C)(C)C)[C@H](O)[C@@H](COCc2ccccc2)O1. The van der Waals surface area contributed by atoms with E-state index in [-0.39, 0.29) is 18.7 Å². The van der Waals surface area contributed by atoms with Crippen LogP contribution in [-0.2, 0) is 25.6 Å². The van der Waals surface area contributed by atoms with Crippen molar-refractivity contribution in [1.82, 2.24) is 4.90 Å². The van der Waals surface area contributed by atoms with Gasteiger partial charge in [0.2, 0.25) is 0 Å². The van der Waals surface area contributed by atoms with E-state index in [1.807, 2.05) is 58.0 Å². The van der Waals surface area contributed by atoms with E-state index in [0.29, 0.717) is 19.6 Å². The summed E-state index contributed by atoms with van der Waals surface area (Å²) >= 11 is 0. The molecule has 3 rings (SSSR count). The van der Waals surface area contributed by atoms with Crippen molar-refractivity contribution in [3.8, 4) is 0 Å². The number of nitrogens with zero attached hydrogens (tertiary/aromatic N) is 1. The fraction of sp³-hybridized carbons (Fsp3) is 0.682. The molecule has 0 bridgehead atoms. The van der Waals surface area contributed by atoms with Crippen LogP contribution in [0.2, 0.25) is 0 Å². The molecule has 162 valence electrons. The Labute approximate surface area is 172 Å². The number of carbonyl (C=O) groups excluding carboxylic acids is 1. The molecule has 0 radical (unpaired) electrons. The third kappa shape index (κ3) is 5.69. The van der Waals surface area contributed by atoms with Crippen molar-refractivity contribution in [2.75, 3.05) is 13.2 Å². The standard InChI is InChI=1S/C22H33NO6/c1-5-16-13-27-21(25)23(16)19-11-17(29-22(2,3)4)20(24)18(28-19)14-26-12-15-9-7-6-8-10-15/h6-10,16-20,24H,5,11-14H2,1-4H3/t16-,17-,18-,19-,20+/m1/s1. The molecule has 1 aromatic carbocycles. The molecule has 7 heteroatoms. The van der Waals surface area contributed by atoms with Gasteiger partial charge in [0.15, 0.2) is 0 Å². The molecule has 0 aliphatic carbocycles. The first kappa shape index (κ1) is 22.0. The normalized spacial score (nSPS) is 30.4. The van der Waals surface area contributed by atoms with Crippen molar-refractivity contribution >= 4 is 6.09 Å². The Morgan fingerprint density at radius 1 is 1.24 bits per heavy atom. The summed E-state index contributed by atoms with van der Waals surface area (Å²) in [7, 11) is 0. The topological polar surface area (TPSA) is 77.5 Å². The van der Waals surface area contributed by atoms with E-state index in [0.717, 1.165) is 12.0 Å². The minimum atomic E-state index is -0.847. The minimum absolute atomic E-state index is 0.0380. The fourth-order valence-electron chi connectivity index (χ4n) is 3.81. The Hall–Kier alpha value is -1.67. The molecule has 2 aliphatic rings. The predicted octanol–water partition coefficient (Wildman–Crippen LogP) is 3.09. The first-order chi connectivity index (χ1) is 13.8. The zero-order valence-corrected chi connectivity index (χ0v) is 17.7. The fourth-order valence-corrected chi connectivity index (χ4v) is 3.81. The Bertz CT molecular complexity index is 661. The number of cyclic esters (lactones) is 1. The van der Waals surface area contributed by atoms with E-state index in [2.05, 4.69) is 0 Å². The average Bonchev–Trinajstić information content (AvgIpc) is 3.05. The summed E-state index contributed by atoms with van der Waals surface area (Å²) in [6.07, 6.45) is -1.65. The van der Waals surface area contributed by atoms with Crippen LogP contribution in [0.25, 0.3) is 0 Å². The summed E-state index contributed by atoms with van der Waals surface area (Å²) in [6.45, 7) is 8.85. The second-order valence-electron chi connectivity index (χ2n) is 8.67. The van der Waals surface area contributed by atoms with E-state index in [9.17, 15) is 9.90 Å². The molecular formula is C22H33NO6. The molecule has 0 spiro atoms. The van der Waals surface area contributed by atoms with E-state index in [1.54, 1.807) is 4.90 Å². The molecule has 2 heterocycles. The number of amides is 1. The Balaban J connectivity index is 1.70. The smallest absolute Gasteiger partial charge is 0.412 e. The minimum Gasteiger partial charge on any atom is -0.447 e. The number of hydrogen-bond acceptors (Lipinski definition) is 6. The van der Waals surface area contributed by atoms with Gasteiger partial charge in [-0.05, 0) is 32.8 Å². The molecule has 5 atom stereocenters. The second kappa shape index (κ2) is 9.43. The molecule has 0 saturated carbocycles. The highest BCUT2D eigenvalue weighted by molar-refractivity contribution is 5.70. The van der Waals surface area contributed by atoms with E-state index in [4.69, 9.17) is 18.9 Å². The molecule has 1 amide bonds. The van der Waals surface area contributed by atoms with Gasteiger partial charge in [-0.3, -0.25) is 4.90 Å². The molecular weight excluding hydrogens is 374 g/mol. The van der Waals surface area contributed by atoms with Crippen molar-refractivity contribution in [3.05, 3.63) is 35.9 Å². The van der Waals surface area contributed by atoms with Crippen LogP contribution < -0.4 is 0 Å². The highest BCUT2D eigenvalue weighted by Crippen LogP contribution is 2.32. The van der Waals surface area contributed by atoms with E-state index in [1.165, 1.54) is 0 Å². The number of aliphatic hydroxyl groups is 1. The first-order valence-electron chi connectivity index (χ1n) is 10.4. The molecule has 1 aromatic rings. The Morgan fingerprint density at radius 3 is 2.62 bits per heavy atom. The van der Waals surface area contributed by atoms with Gasteiger partial charge in [-0.1, -0.05) is 37.3 Å². The summed E-state index contributed by atoms with van der Waals surface area (Å²) < 4.78 is 23.3. The molecule has 29 heavy (non-hydrogen) atoms. The Kier molecular flexibility index (Phi) is 7.16. The Morgan fingerprint density at radius 2 is 1.97 bits per heavy atom. The van der Waals surface area contributed by atoms with Gasteiger partial charge >= 0.3 is 6.09 Å². The highest BCUT2D eigenvalue weighted by atomic mass is 16.6. The van der Waals surface area contributed by atoms with Gasteiger partial charge in [-0.25, -0.2) is 4.79 Å². The maximum Gasteiger partial charge on any atom is 0.412 e. The number of aliphatic hydroxyl groups excluding tert-OH is 1. The average molecular weight is 408 g/mol. The second-order valence-corrected chi connectivity index (χ2v) is 8.67. The number of ether oxygens (including phenoxy) is 4. The van der Waals surface area contributed by atoms with Crippen molar-refractivity contribution in [2.24, 2.45) is 0 Å².